The Morgan fingerprint density at radius 1 is 1.36 bits per heavy atom. The zero-order valence-corrected chi connectivity index (χ0v) is 12.7. The van der Waals surface area contributed by atoms with Crippen LogP contribution in [0.4, 0.5) is 9.59 Å². The molecule has 2 amide bonds. The largest absolute Gasteiger partial charge is 0.465 e. The molecule has 1 aliphatic carbocycles. The van der Waals surface area contributed by atoms with Crippen LogP contribution >= 0.6 is 0 Å². The number of nitrogens with one attached hydrogen (secondary N) is 2. The average molecular weight is 306 g/mol. The highest BCUT2D eigenvalue weighted by atomic mass is 16.5. The second-order valence-corrected chi connectivity index (χ2v) is 5.99. The van der Waals surface area contributed by atoms with Crippen molar-refractivity contribution in [2.75, 3.05) is 0 Å². The first-order valence-corrected chi connectivity index (χ1v) is 7.45. The second-order valence-electron chi connectivity index (χ2n) is 5.99. The lowest BCUT2D eigenvalue weighted by Gasteiger charge is -2.38. The smallest absolute Gasteiger partial charge is 0.407 e. The van der Waals surface area contributed by atoms with Gasteiger partial charge in [0, 0.05) is 11.6 Å². The predicted molar refractivity (Wildman–Crippen MR) is 81.6 cm³/mol. The Balaban J connectivity index is 1.82. The van der Waals surface area contributed by atoms with Gasteiger partial charge < -0.3 is 20.5 Å². The van der Waals surface area contributed by atoms with Gasteiger partial charge in [0.1, 0.15) is 6.61 Å². The normalized spacial score (nSPS) is 24.3. The fraction of sp³-hybridized carbons (Fsp3) is 0.500. The van der Waals surface area contributed by atoms with Crippen LogP contribution in [-0.4, -0.2) is 28.9 Å². The molecular weight excluding hydrogens is 284 g/mol. The topological polar surface area (TPSA) is 87.7 Å². The maximum absolute atomic E-state index is 11.9. The molecule has 1 aromatic carbocycles. The third kappa shape index (κ3) is 4.95. The third-order valence-electron chi connectivity index (χ3n) is 3.92. The molecule has 0 saturated heterocycles. The molecule has 6 nitrogen and oxygen atoms in total. The van der Waals surface area contributed by atoms with E-state index in [1.54, 1.807) is 0 Å². The Bertz CT molecular complexity index is 520. The van der Waals surface area contributed by atoms with Crippen LogP contribution in [-0.2, 0) is 11.3 Å². The molecule has 0 bridgehead atoms. The summed E-state index contributed by atoms with van der Waals surface area (Å²) in [5, 5.41) is 14.2. The number of amides is 2. The molecule has 0 spiro atoms. The van der Waals surface area contributed by atoms with E-state index in [9.17, 15) is 9.59 Å². The molecule has 2 rings (SSSR count). The molecule has 1 unspecified atom stereocenters. The van der Waals surface area contributed by atoms with Gasteiger partial charge in [0.15, 0.2) is 0 Å². The van der Waals surface area contributed by atoms with Crippen molar-refractivity contribution in [3.63, 3.8) is 0 Å². The van der Waals surface area contributed by atoms with Gasteiger partial charge in [0.2, 0.25) is 0 Å². The lowest BCUT2D eigenvalue weighted by atomic mass is 9.80. The average Bonchev–Trinajstić information content (AvgIpc) is 2.45. The summed E-state index contributed by atoms with van der Waals surface area (Å²) in [5.74, 6) is 0. The Morgan fingerprint density at radius 3 is 2.77 bits per heavy atom. The number of hydrogen-bond donors (Lipinski definition) is 3. The van der Waals surface area contributed by atoms with E-state index in [1.807, 2.05) is 37.3 Å². The number of ether oxygens (including phenoxy) is 1. The van der Waals surface area contributed by atoms with Crippen molar-refractivity contribution in [3.05, 3.63) is 35.9 Å². The Kier molecular flexibility index (Phi) is 5.25. The van der Waals surface area contributed by atoms with Gasteiger partial charge >= 0.3 is 12.2 Å². The van der Waals surface area contributed by atoms with Crippen LogP contribution in [0.3, 0.4) is 0 Å². The van der Waals surface area contributed by atoms with E-state index in [2.05, 4.69) is 10.6 Å². The number of hydrogen-bond acceptors (Lipinski definition) is 3. The van der Waals surface area contributed by atoms with Gasteiger partial charge in [0.05, 0.1) is 0 Å². The van der Waals surface area contributed by atoms with Gasteiger partial charge in [-0.15, -0.1) is 0 Å². The van der Waals surface area contributed by atoms with Crippen LogP contribution in [0.25, 0.3) is 0 Å². The molecule has 0 aliphatic heterocycles. The van der Waals surface area contributed by atoms with Crippen molar-refractivity contribution >= 4 is 12.2 Å². The molecule has 0 heterocycles. The first-order valence-electron chi connectivity index (χ1n) is 7.45. The van der Waals surface area contributed by atoms with E-state index < -0.39 is 17.7 Å². The van der Waals surface area contributed by atoms with Gasteiger partial charge in [-0.2, -0.15) is 0 Å². The number of carbonyl (C=O) groups is 2. The molecular formula is C16H22N2O4. The lowest BCUT2D eigenvalue weighted by molar-refractivity contribution is 0.116. The van der Waals surface area contributed by atoms with E-state index in [0.717, 1.165) is 24.8 Å². The van der Waals surface area contributed by atoms with E-state index in [4.69, 9.17) is 9.84 Å². The summed E-state index contributed by atoms with van der Waals surface area (Å²) in [6.07, 6.45) is 1.54. The summed E-state index contributed by atoms with van der Waals surface area (Å²) in [6, 6.07) is 9.33. The van der Waals surface area contributed by atoms with Crippen LogP contribution in [0.1, 0.15) is 38.2 Å². The van der Waals surface area contributed by atoms with Crippen molar-refractivity contribution in [2.45, 2.75) is 50.8 Å². The van der Waals surface area contributed by atoms with Crippen LogP contribution in [0.2, 0.25) is 0 Å². The van der Waals surface area contributed by atoms with Crippen molar-refractivity contribution in [1.82, 2.24) is 10.6 Å². The van der Waals surface area contributed by atoms with E-state index >= 15 is 0 Å². The number of benzene rings is 1. The number of alkyl carbamates (subject to hydrolysis) is 1. The summed E-state index contributed by atoms with van der Waals surface area (Å²) < 4.78 is 5.23. The highest BCUT2D eigenvalue weighted by Crippen LogP contribution is 2.28. The van der Waals surface area contributed by atoms with Gasteiger partial charge in [-0.3, -0.25) is 0 Å². The molecule has 0 radical (unpaired) electrons. The van der Waals surface area contributed by atoms with Crippen LogP contribution in [0, 0.1) is 0 Å². The summed E-state index contributed by atoms with van der Waals surface area (Å²) >= 11 is 0. The molecule has 6 heteroatoms. The van der Waals surface area contributed by atoms with Crippen molar-refractivity contribution in [1.29, 1.82) is 0 Å². The highest BCUT2D eigenvalue weighted by molar-refractivity contribution is 5.68. The zero-order chi connectivity index (χ0) is 16.0. The van der Waals surface area contributed by atoms with Crippen LogP contribution < -0.4 is 10.6 Å². The minimum absolute atomic E-state index is 0.134. The summed E-state index contributed by atoms with van der Waals surface area (Å²) in [4.78, 5) is 22.7. The van der Waals surface area contributed by atoms with Crippen molar-refractivity contribution in [3.8, 4) is 0 Å². The van der Waals surface area contributed by atoms with Gasteiger partial charge in [-0.05, 0) is 38.2 Å². The fourth-order valence-corrected chi connectivity index (χ4v) is 2.90. The van der Waals surface area contributed by atoms with E-state index in [-0.39, 0.29) is 12.6 Å². The molecule has 1 fully saturated rings. The second kappa shape index (κ2) is 7.15. The van der Waals surface area contributed by atoms with Gasteiger partial charge in [-0.1, -0.05) is 30.3 Å². The first kappa shape index (κ1) is 16.1. The maximum Gasteiger partial charge on any atom is 0.407 e. The Labute approximate surface area is 129 Å². The molecule has 3 N–H and O–H groups in total. The molecule has 2 atom stereocenters. The summed E-state index contributed by atoms with van der Waals surface area (Å²) in [5.41, 5.74) is 0.482. The third-order valence-corrected chi connectivity index (χ3v) is 3.92. The standard InChI is InChI=1S/C16H22N2O4/c1-16(9-5-8-13(10-16)17-14(19)20)18-15(21)22-11-12-6-3-2-4-7-12/h2-4,6-7,13,17H,5,8-11H2,1H3,(H,18,21)(H,19,20)/t13-,16?/m0/s1. The minimum atomic E-state index is -1.03. The van der Waals surface area contributed by atoms with Gasteiger partial charge in [-0.25, -0.2) is 9.59 Å². The van der Waals surface area contributed by atoms with Crippen LogP contribution in [0.15, 0.2) is 30.3 Å². The molecule has 1 aromatic rings. The molecule has 1 aliphatic rings. The summed E-state index contributed by atoms with van der Waals surface area (Å²) in [6.45, 7) is 2.14. The van der Waals surface area contributed by atoms with Crippen molar-refractivity contribution in [2.24, 2.45) is 0 Å². The Morgan fingerprint density at radius 2 is 2.09 bits per heavy atom. The fourth-order valence-electron chi connectivity index (χ4n) is 2.90. The zero-order valence-electron chi connectivity index (χ0n) is 12.7. The first-order chi connectivity index (χ1) is 10.5. The number of carbonyl (C=O) groups excluding carboxylic acids is 1. The number of rotatable bonds is 4. The summed E-state index contributed by atoms with van der Waals surface area (Å²) in [7, 11) is 0. The van der Waals surface area contributed by atoms with E-state index in [0.29, 0.717) is 6.42 Å². The van der Waals surface area contributed by atoms with Crippen LogP contribution in [0.5, 0.6) is 0 Å². The van der Waals surface area contributed by atoms with E-state index in [1.165, 1.54) is 0 Å². The van der Waals surface area contributed by atoms with Crippen molar-refractivity contribution < 1.29 is 19.4 Å². The Hall–Kier alpha value is -2.24. The quantitative estimate of drug-likeness (QED) is 0.798. The SMILES string of the molecule is CC1(NC(=O)OCc2ccccc2)CCC[C@H](NC(=O)O)C1. The highest BCUT2D eigenvalue weighted by Gasteiger charge is 2.34. The maximum atomic E-state index is 11.9. The van der Waals surface area contributed by atoms with Gasteiger partial charge in [0.25, 0.3) is 0 Å². The lowest BCUT2D eigenvalue weighted by Crippen LogP contribution is -2.53. The minimum Gasteiger partial charge on any atom is -0.465 e. The molecule has 120 valence electrons. The predicted octanol–water partition coefficient (Wildman–Crippen LogP) is 2.88. The molecule has 1 saturated carbocycles. The molecule has 0 aromatic heterocycles. The number of carboxylic acid groups (broad SMARTS) is 1. The monoisotopic (exact) mass is 306 g/mol. The molecule has 22 heavy (non-hydrogen) atoms.